The number of nitrogens with zero attached hydrogens (tertiary/aromatic N) is 3. The Labute approximate surface area is 197 Å². The van der Waals surface area contributed by atoms with Gasteiger partial charge in [-0.2, -0.15) is 5.10 Å². The standard InChI is InChI=1S/C21H22F3N7O4/c1-31-18(27-11-13-6-7-25-17(10-13)30-20(34)26-8-9-32)16(12-28-31)19(33)29-14-2-4-15(5-3-14)35-21(22,23)24/h2-7,10,12,27,32H,8-9,11H2,1H3,(H,29,33)(H2,25,26,30,34). The zero-order valence-corrected chi connectivity index (χ0v) is 18.4. The van der Waals surface area contributed by atoms with E-state index in [2.05, 4.69) is 36.1 Å². The van der Waals surface area contributed by atoms with Gasteiger partial charge in [0.15, 0.2) is 0 Å². The number of rotatable bonds is 9. The number of amides is 3. The van der Waals surface area contributed by atoms with Crippen molar-refractivity contribution in [2.45, 2.75) is 12.9 Å². The molecule has 0 aliphatic heterocycles. The van der Waals surface area contributed by atoms with Crippen LogP contribution in [0.2, 0.25) is 0 Å². The van der Waals surface area contributed by atoms with E-state index in [0.717, 1.165) is 17.7 Å². The van der Waals surface area contributed by atoms with E-state index in [0.29, 0.717) is 11.6 Å². The molecule has 0 spiro atoms. The Bertz CT molecular complexity index is 1170. The highest BCUT2D eigenvalue weighted by atomic mass is 19.4. The van der Waals surface area contributed by atoms with Gasteiger partial charge < -0.3 is 25.8 Å². The molecule has 0 radical (unpaired) electrons. The minimum Gasteiger partial charge on any atom is -0.406 e. The molecule has 11 nitrogen and oxygen atoms in total. The van der Waals surface area contributed by atoms with E-state index in [1.165, 1.54) is 29.2 Å². The number of halogens is 3. The first-order valence-electron chi connectivity index (χ1n) is 10.2. The lowest BCUT2D eigenvalue weighted by atomic mass is 10.2. The molecule has 0 saturated carbocycles. The molecule has 5 N–H and O–H groups in total. The lowest BCUT2D eigenvalue weighted by molar-refractivity contribution is -0.274. The fourth-order valence-electron chi connectivity index (χ4n) is 2.92. The molecule has 3 amide bonds. The molecule has 0 saturated heterocycles. The summed E-state index contributed by atoms with van der Waals surface area (Å²) in [5.41, 5.74) is 1.22. The second-order valence-corrected chi connectivity index (χ2v) is 7.06. The van der Waals surface area contributed by atoms with Crippen molar-refractivity contribution in [3.05, 3.63) is 59.9 Å². The number of aromatic nitrogens is 3. The van der Waals surface area contributed by atoms with Gasteiger partial charge in [-0.15, -0.1) is 13.2 Å². The van der Waals surface area contributed by atoms with E-state index in [1.54, 1.807) is 19.2 Å². The minimum absolute atomic E-state index is 0.101. The Kier molecular flexibility index (Phi) is 8.09. The predicted octanol–water partition coefficient (Wildman–Crippen LogP) is 2.69. The fraction of sp³-hybridized carbons (Fsp3) is 0.238. The number of anilines is 3. The van der Waals surface area contributed by atoms with Gasteiger partial charge in [0.1, 0.15) is 22.9 Å². The Hall–Kier alpha value is -4.33. The van der Waals surface area contributed by atoms with Crippen LogP contribution in [0.3, 0.4) is 0 Å². The number of urea groups is 1. The van der Waals surface area contributed by atoms with Gasteiger partial charge in [-0.05, 0) is 42.0 Å². The Morgan fingerprint density at radius 3 is 2.57 bits per heavy atom. The third-order valence-corrected chi connectivity index (χ3v) is 4.45. The van der Waals surface area contributed by atoms with Crippen molar-refractivity contribution >= 4 is 29.3 Å². The van der Waals surface area contributed by atoms with Crippen LogP contribution < -0.4 is 26.0 Å². The molecule has 3 aromatic rings. The fourth-order valence-corrected chi connectivity index (χ4v) is 2.92. The van der Waals surface area contributed by atoms with Crippen LogP contribution >= 0.6 is 0 Å². The molecule has 0 aliphatic rings. The number of hydrogen-bond acceptors (Lipinski definition) is 7. The maximum absolute atomic E-state index is 12.7. The first kappa shape index (κ1) is 25.3. The van der Waals surface area contributed by atoms with Crippen molar-refractivity contribution in [2.24, 2.45) is 7.05 Å². The van der Waals surface area contributed by atoms with E-state index >= 15 is 0 Å². The summed E-state index contributed by atoms with van der Waals surface area (Å²) in [6.45, 7) is 0.172. The number of alkyl halides is 3. The van der Waals surface area contributed by atoms with Gasteiger partial charge >= 0.3 is 12.4 Å². The SMILES string of the molecule is Cn1ncc(C(=O)Nc2ccc(OC(F)(F)F)cc2)c1NCc1ccnc(NC(=O)NCCO)c1. The second kappa shape index (κ2) is 11.2. The van der Waals surface area contributed by atoms with Crippen molar-refractivity contribution in [3.8, 4) is 5.75 Å². The summed E-state index contributed by atoms with van der Waals surface area (Å²) in [7, 11) is 1.63. The number of hydrogen-bond donors (Lipinski definition) is 5. The van der Waals surface area contributed by atoms with E-state index in [1.807, 2.05) is 0 Å². The maximum atomic E-state index is 12.7. The third-order valence-electron chi connectivity index (χ3n) is 4.45. The predicted molar refractivity (Wildman–Crippen MR) is 120 cm³/mol. The number of aliphatic hydroxyl groups is 1. The average molecular weight is 493 g/mol. The molecule has 35 heavy (non-hydrogen) atoms. The Morgan fingerprint density at radius 1 is 1.14 bits per heavy atom. The smallest absolute Gasteiger partial charge is 0.406 e. The topological polar surface area (TPSA) is 142 Å². The highest BCUT2D eigenvalue weighted by Gasteiger charge is 2.31. The van der Waals surface area contributed by atoms with Gasteiger partial charge in [-0.1, -0.05) is 0 Å². The van der Waals surface area contributed by atoms with E-state index in [9.17, 15) is 22.8 Å². The summed E-state index contributed by atoms with van der Waals surface area (Å²) in [5.74, 6) is -0.244. The number of aliphatic hydroxyl groups excluding tert-OH is 1. The second-order valence-electron chi connectivity index (χ2n) is 7.06. The van der Waals surface area contributed by atoms with Crippen molar-refractivity contribution in [2.75, 3.05) is 29.1 Å². The van der Waals surface area contributed by atoms with Crippen molar-refractivity contribution in [1.82, 2.24) is 20.1 Å². The van der Waals surface area contributed by atoms with Crippen molar-refractivity contribution < 1.29 is 32.6 Å². The van der Waals surface area contributed by atoms with Gasteiger partial charge in [-0.25, -0.2) is 9.78 Å². The number of aryl methyl sites for hydroxylation is 1. The monoisotopic (exact) mass is 493 g/mol. The quantitative estimate of drug-likeness (QED) is 0.309. The van der Waals surface area contributed by atoms with Crippen molar-refractivity contribution in [3.63, 3.8) is 0 Å². The zero-order valence-electron chi connectivity index (χ0n) is 18.4. The van der Waals surface area contributed by atoms with Crippen LogP contribution in [-0.2, 0) is 13.6 Å². The molecule has 0 bridgehead atoms. The summed E-state index contributed by atoms with van der Waals surface area (Å²) >= 11 is 0. The minimum atomic E-state index is -4.81. The van der Waals surface area contributed by atoms with E-state index < -0.39 is 24.1 Å². The summed E-state index contributed by atoms with van der Waals surface area (Å²) in [6, 6.07) is 7.57. The molecule has 0 atom stereocenters. The molecule has 0 aliphatic carbocycles. The number of benzene rings is 1. The summed E-state index contributed by atoms with van der Waals surface area (Å²) < 4.78 is 42.2. The highest BCUT2D eigenvalue weighted by Crippen LogP contribution is 2.25. The largest absolute Gasteiger partial charge is 0.573 e. The number of nitrogens with one attached hydrogen (secondary N) is 4. The highest BCUT2D eigenvalue weighted by molar-refractivity contribution is 6.07. The summed E-state index contributed by atoms with van der Waals surface area (Å²) in [5, 5.41) is 23.5. The number of pyridine rings is 1. The molecular weight excluding hydrogens is 471 g/mol. The molecule has 3 rings (SSSR count). The Balaban J connectivity index is 1.63. The molecule has 0 fully saturated rings. The number of carbonyl (C=O) groups excluding carboxylic acids is 2. The van der Waals surface area contributed by atoms with Crippen LogP contribution in [0.15, 0.2) is 48.8 Å². The first-order valence-corrected chi connectivity index (χ1v) is 10.2. The van der Waals surface area contributed by atoms with Crippen LogP contribution in [-0.4, -0.2) is 51.3 Å². The zero-order chi connectivity index (χ0) is 25.4. The maximum Gasteiger partial charge on any atom is 0.573 e. The molecule has 1 aromatic carbocycles. The molecule has 14 heteroatoms. The van der Waals surface area contributed by atoms with E-state index in [-0.39, 0.29) is 30.9 Å². The summed E-state index contributed by atoms with van der Waals surface area (Å²) in [4.78, 5) is 28.5. The molecule has 0 unspecified atom stereocenters. The van der Waals surface area contributed by atoms with Crippen LogP contribution in [0, 0.1) is 0 Å². The van der Waals surface area contributed by atoms with Crippen LogP contribution in [0.1, 0.15) is 15.9 Å². The number of ether oxygens (including phenoxy) is 1. The van der Waals surface area contributed by atoms with E-state index in [4.69, 9.17) is 5.11 Å². The summed E-state index contributed by atoms with van der Waals surface area (Å²) in [6.07, 6.45) is -1.95. The Morgan fingerprint density at radius 2 is 1.89 bits per heavy atom. The van der Waals surface area contributed by atoms with Crippen LogP contribution in [0.4, 0.5) is 35.3 Å². The average Bonchev–Trinajstić information content (AvgIpc) is 3.17. The van der Waals surface area contributed by atoms with Crippen LogP contribution in [0.25, 0.3) is 0 Å². The van der Waals surface area contributed by atoms with Gasteiger partial charge in [0.05, 0.1) is 12.8 Å². The third kappa shape index (κ3) is 7.60. The van der Waals surface area contributed by atoms with Crippen molar-refractivity contribution in [1.29, 1.82) is 0 Å². The molecule has 186 valence electrons. The van der Waals surface area contributed by atoms with Gasteiger partial charge in [0.25, 0.3) is 5.91 Å². The van der Waals surface area contributed by atoms with Gasteiger partial charge in [-0.3, -0.25) is 14.8 Å². The van der Waals surface area contributed by atoms with Crippen LogP contribution in [0.5, 0.6) is 5.75 Å². The lowest BCUT2D eigenvalue weighted by Gasteiger charge is -2.12. The normalized spacial score (nSPS) is 11.0. The molecule has 2 aromatic heterocycles. The van der Waals surface area contributed by atoms with Gasteiger partial charge in [0, 0.05) is 32.0 Å². The number of carbonyl (C=O) groups is 2. The first-order chi connectivity index (χ1) is 16.6. The van der Waals surface area contributed by atoms with Gasteiger partial charge in [0.2, 0.25) is 0 Å². The molecule has 2 heterocycles. The lowest BCUT2D eigenvalue weighted by Crippen LogP contribution is -2.31. The molecular formula is C21H22F3N7O4.